The van der Waals surface area contributed by atoms with E-state index in [9.17, 15) is 13.6 Å². The van der Waals surface area contributed by atoms with Crippen LogP contribution >= 0.6 is 0 Å². The number of rotatable bonds is 5. The third-order valence-electron chi connectivity index (χ3n) is 2.92. The highest BCUT2D eigenvalue weighted by atomic mass is 32.2. The summed E-state index contributed by atoms with van der Waals surface area (Å²) in [5.41, 5.74) is 1.20. The summed E-state index contributed by atoms with van der Waals surface area (Å²) in [5, 5.41) is 2.54. The van der Waals surface area contributed by atoms with Crippen LogP contribution in [0.2, 0.25) is 0 Å². The molecule has 1 N–H and O–H groups in total. The monoisotopic (exact) mass is 319 g/mol. The zero-order chi connectivity index (χ0) is 15.9. The van der Waals surface area contributed by atoms with E-state index in [1.807, 2.05) is 0 Å². The fourth-order valence-corrected chi connectivity index (χ4v) is 2.23. The summed E-state index contributed by atoms with van der Waals surface area (Å²) < 4.78 is 28.3. The van der Waals surface area contributed by atoms with Gasteiger partial charge in [-0.15, -0.1) is 0 Å². The molecule has 6 nitrogen and oxygen atoms in total. The Morgan fingerprint density at radius 3 is 2.36 bits per heavy atom. The van der Waals surface area contributed by atoms with Crippen molar-refractivity contribution in [3.63, 3.8) is 0 Å². The maximum absolute atomic E-state index is 12.1. The zero-order valence-corrected chi connectivity index (χ0v) is 12.7. The SMILES string of the molecule is COc1ccc(CN(C(=O)Nc2ccccc2)S(=O)[O-])cc1. The third kappa shape index (κ3) is 4.31. The van der Waals surface area contributed by atoms with E-state index >= 15 is 0 Å². The first kappa shape index (κ1) is 16.0. The van der Waals surface area contributed by atoms with Crippen molar-refractivity contribution in [2.45, 2.75) is 6.54 Å². The van der Waals surface area contributed by atoms with E-state index in [2.05, 4.69) is 5.32 Å². The molecule has 1 unspecified atom stereocenters. The summed E-state index contributed by atoms with van der Waals surface area (Å²) in [6, 6.07) is 14.8. The molecule has 0 saturated heterocycles. The molecule has 0 saturated carbocycles. The maximum atomic E-state index is 12.1. The van der Waals surface area contributed by atoms with Crippen molar-refractivity contribution in [2.24, 2.45) is 0 Å². The molecule has 0 heterocycles. The van der Waals surface area contributed by atoms with E-state index in [-0.39, 0.29) is 6.54 Å². The fraction of sp³-hybridized carbons (Fsp3) is 0.133. The van der Waals surface area contributed by atoms with Crippen LogP contribution in [-0.2, 0) is 17.8 Å². The molecule has 7 heteroatoms. The van der Waals surface area contributed by atoms with Gasteiger partial charge in [-0.1, -0.05) is 30.3 Å². The highest BCUT2D eigenvalue weighted by molar-refractivity contribution is 7.77. The van der Waals surface area contributed by atoms with Gasteiger partial charge in [-0.05, 0) is 29.8 Å². The molecule has 0 aromatic heterocycles. The first-order chi connectivity index (χ1) is 10.6. The normalized spacial score (nSPS) is 11.5. The molecule has 2 amide bonds. The molecule has 0 fully saturated rings. The number of benzene rings is 2. The van der Waals surface area contributed by atoms with Crippen LogP contribution in [0.4, 0.5) is 10.5 Å². The molecule has 116 valence electrons. The van der Waals surface area contributed by atoms with Gasteiger partial charge in [0.2, 0.25) is 0 Å². The van der Waals surface area contributed by atoms with Crippen molar-refractivity contribution in [3.05, 3.63) is 60.2 Å². The first-order valence-corrected chi connectivity index (χ1v) is 7.49. The van der Waals surface area contributed by atoms with Crippen LogP contribution in [0.25, 0.3) is 0 Å². The van der Waals surface area contributed by atoms with Crippen LogP contribution in [0.15, 0.2) is 54.6 Å². The Hall–Kier alpha value is -2.38. The van der Waals surface area contributed by atoms with Gasteiger partial charge in [-0.3, -0.25) is 4.21 Å². The van der Waals surface area contributed by atoms with Gasteiger partial charge in [0.1, 0.15) is 5.75 Å². The van der Waals surface area contributed by atoms with Gasteiger partial charge in [-0.25, -0.2) is 9.10 Å². The smallest absolute Gasteiger partial charge is 0.333 e. The summed E-state index contributed by atoms with van der Waals surface area (Å²) in [5.74, 6) is 0.660. The Bertz CT molecular complexity index is 646. The molecule has 0 radical (unpaired) electrons. The minimum absolute atomic E-state index is 0.0568. The van der Waals surface area contributed by atoms with Crippen LogP contribution in [0, 0.1) is 0 Å². The molecule has 0 aliphatic heterocycles. The molecule has 2 aromatic rings. The molecule has 2 rings (SSSR count). The second kappa shape index (κ2) is 7.58. The molecular formula is C15H15N2O4S-. The largest absolute Gasteiger partial charge is 0.755 e. The van der Waals surface area contributed by atoms with Crippen molar-refractivity contribution in [1.82, 2.24) is 4.31 Å². The second-order valence-corrected chi connectivity index (χ2v) is 5.27. The number of carbonyl (C=O) groups excluding carboxylic acids is 1. The molecule has 0 bridgehead atoms. The van der Waals surface area contributed by atoms with E-state index in [4.69, 9.17) is 4.74 Å². The predicted molar refractivity (Wildman–Crippen MR) is 82.9 cm³/mol. The van der Waals surface area contributed by atoms with E-state index in [1.165, 1.54) is 0 Å². The minimum atomic E-state index is -2.67. The fourth-order valence-electron chi connectivity index (χ4n) is 1.80. The van der Waals surface area contributed by atoms with E-state index < -0.39 is 17.3 Å². The Morgan fingerprint density at radius 1 is 1.18 bits per heavy atom. The van der Waals surface area contributed by atoms with E-state index in [0.29, 0.717) is 17.0 Å². The Balaban J connectivity index is 2.08. The number of anilines is 1. The number of nitrogens with zero attached hydrogens (tertiary/aromatic N) is 1. The standard InChI is InChI=1S/C15H16N2O4S/c1-21-14-9-7-12(8-10-14)11-17(22(19)20)15(18)16-13-5-3-2-4-6-13/h2-10H,11H2,1H3,(H,16,18)(H,19,20)/p-1. The van der Waals surface area contributed by atoms with Crippen molar-refractivity contribution in [3.8, 4) is 5.75 Å². The van der Waals surface area contributed by atoms with Crippen LogP contribution in [0.1, 0.15) is 5.56 Å². The Morgan fingerprint density at radius 2 is 1.82 bits per heavy atom. The van der Waals surface area contributed by atoms with Crippen molar-refractivity contribution in [1.29, 1.82) is 0 Å². The summed E-state index contributed by atoms with van der Waals surface area (Å²) in [6.07, 6.45) is 0. The van der Waals surface area contributed by atoms with Gasteiger partial charge in [0.15, 0.2) is 0 Å². The zero-order valence-electron chi connectivity index (χ0n) is 11.9. The lowest BCUT2D eigenvalue weighted by molar-refractivity contribution is 0.233. The molecule has 22 heavy (non-hydrogen) atoms. The number of para-hydroxylation sites is 1. The topological polar surface area (TPSA) is 81.7 Å². The van der Waals surface area contributed by atoms with Crippen molar-refractivity contribution >= 4 is 23.0 Å². The summed E-state index contributed by atoms with van der Waals surface area (Å²) >= 11 is -2.67. The molecule has 2 aromatic carbocycles. The maximum Gasteiger partial charge on any atom is 0.333 e. The number of hydrogen-bond acceptors (Lipinski definition) is 4. The van der Waals surface area contributed by atoms with Gasteiger partial charge in [0.05, 0.1) is 24.9 Å². The van der Waals surface area contributed by atoms with Gasteiger partial charge in [0, 0.05) is 5.69 Å². The van der Waals surface area contributed by atoms with E-state index in [1.54, 1.807) is 61.7 Å². The first-order valence-electron chi connectivity index (χ1n) is 6.46. The Labute approximate surface area is 131 Å². The van der Waals surface area contributed by atoms with Crippen molar-refractivity contribution in [2.75, 3.05) is 12.4 Å². The molecule has 0 aliphatic carbocycles. The van der Waals surface area contributed by atoms with E-state index in [0.717, 1.165) is 4.31 Å². The number of methoxy groups -OCH3 is 1. The van der Waals surface area contributed by atoms with Crippen LogP contribution < -0.4 is 10.1 Å². The van der Waals surface area contributed by atoms with Gasteiger partial charge in [-0.2, -0.15) is 0 Å². The number of nitrogens with one attached hydrogen (secondary N) is 1. The average Bonchev–Trinajstić information content (AvgIpc) is 2.53. The lowest BCUT2D eigenvalue weighted by Crippen LogP contribution is -2.35. The van der Waals surface area contributed by atoms with Crippen molar-refractivity contribution < 1.29 is 18.3 Å². The molecule has 0 aliphatic rings. The Kier molecular flexibility index (Phi) is 5.51. The lowest BCUT2D eigenvalue weighted by Gasteiger charge is -2.24. The van der Waals surface area contributed by atoms with Gasteiger partial charge >= 0.3 is 6.03 Å². The number of carbonyl (C=O) groups is 1. The van der Waals surface area contributed by atoms with Crippen LogP contribution in [0.5, 0.6) is 5.75 Å². The highest BCUT2D eigenvalue weighted by Gasteiger charge is 2.15. The molecule has 0 spiro atoms. The summed E-state index contributed by atoms with van der Waals surface area (Å²) in [7, 11) is 1.54. The summed E-state index contributed by atoms with van der Waals surface area (Å²) in [6.45, 7) is -0.0568. The number of amides is 2. The quantitative estimate of drug-likeness (QED) is 0.859. The van der Waals surface area contributed by atoms with Crippen LogP contribution in [-0.4, -0.2) is 26.2 Å². The van der Waals surface area contributed by atoms with Gasteiger partial charge in [0.25, 0.3) is 0 Å². The number of urea groups is 1. The van der Waals surface area contributed by atoms with Crippen LogP contribution in [0.3, 0.4) is 0 Å². The molecule has 1 atom stereocenters. The number of hydrogen-bond donors (Lipinski definition) is 1. The average molecular weight is 319 g/mol. The van der Waals surface area contributed by atoms with Gasteiger partial charge < -0.3 is 14.6 Å². The number of ether oxygens (including phenoxy) is 1. The lowest BCUT2D eigenvalue weighted by atomic mass is 10.2. The summed E-state index contributed by atoms with van der Waals surface area (Å²) in [4.78, 5) is 12.1. The predicted octanol–water partition coefficient (Wildman–Crippen LogP) is 2.52. The minimum Gasteiger partial charge on any atom is -0.755 e. The molecular weight excluding hydrogens is 304 g/mol. The third-order valence-corrected chi connectivity index (χ3v) is 3.57. The second-order valence-electron chi connectivity index (χ2n) is 4.40. The highest BCUT2D eigenvalue weighted by Crippen LogP contribution is 2.15.